The van der Waals surface area contributed by atoms with Crippen molar-refractivity contribution in [1.82, 2.24) is 5.32 Å². The van der Waals surface area contributed by atoms with Crippen LogP contribution in [0.5, 0.6) is 0 Å². The highest BCUT2D eigenvalue weighted by Crippen LogP contribution is 2.28. The molecular weight excluding hydrogens is 322 g/mol. The lowest BCUT2D eigenvalue weighted by molar-refractivity contribution is 0.0973. The standard InChI is InChI=1S/C19H17NO3S/c1-12(13-8-4-3-5-9-13)20-16-17(21)14-10-6-7-11-15(14)18(22)19(16)24(2)23/h3-12,20H,1-2H3. The molecule has 1 aliphatic carbocycles. The van der Waals surface area contributed by atoms with Gasteiger partial charge in [-0.15, -0.1) is 0 Å². The fraction of sp³-hybridized carbons (Fsp3) is 0.158. The van der Waals surface area contributed by atoms with Crippen LogP contribution >= 0.6 is 0 Å². The Labute approximate surface area is 143 Å². The fourth-order valence-electron chi connectivity index (χ4n) is 2.80. The van der Waals surface area contributed by atoms with Gasteiger partial charge in [-0.2, -0.15) is 0 Å². The molecule has 122 valence electrons. The number of carbonyl (C=O) groups is 2. The zero-order valence-electron chi connectivity index (χ0n) is 13.4. The maximum atomic E-state index is 12.8. The van der Waals surface area contributed by atoms with Crippen LogP contribution in [0.25, 0.3) is 0 Å². The van der Waals surface area contributed by atoms with Crippen LogP contribution in [0.3, 0.4) is 0 Å². The molecule has 0 saturated heterocycles. The smallest absolute Gasteiger partial charge is 0.210 e. The number of ketones is 2. The quantitative estimate of drug-likeness (QED) is 0.930. The Morgan fingerprint density at radius 2 is 1.42 bits per heavy atom. The first-order chi connectivity index (χ1) is 11.5. The van der Waals surface area contributed by atoms with E-state index in [1.54, 1.807) is 24.3 Å². The van der Waals surface area contributed by atoms with Gasteiger partial charge in [0.2, 0.25) is 11.6 Å². The second-order valence-corrected chi connectivity index (χ2v) is 6.96. The Hall–Kier alpha value is -2.53. The minimum absolute atomic E-state index is 0.0430. The maximum absolute atomic E-state index is 12.8. The molecule has 2 aromatic rings. The number of hydrogen-bond donors (Lipinski definition) is 1. The molecule has 1 aliphatic rings. The number of fused-ring (bicyclic) bond motifs is 1. The number of benzene rings is 2. The van der Waals surface area contributed by atoms with E-state index >= 15 is 0 Å². The SMILES string of the molecule is CC(NC1=C(S(C)=O)C(=O)c2ccccc2C1=O)c1ccccc1. The van der Waals surface area contributed by atoms with Gasteiger partial charge < -0.3 is 5.32 Å². The van der Waals surface area contributed by atoms with Gasteiger partial charge in [0.15, 0.2) is 0 Å². The highest BCUT2D eigenvalue weighted by atomic mass is 32.2. The predicted molar refractivity (Wildman–Crippen MR) is 94.2 cm³/mol. The second-order valence-electron chi connectivity index (χ2n) is 5.64. The molecular formula is C19H17NO3S. The fourth-order valence-corrected chi connectivity index (χ4v) is 3.61. The molecule has 5 heteroatoms. The van der Waals surface area contributed by atoms with Crippen molar-refractivity contribution in [3.05, 3.63) is 81.9 Å². The molecule has 0 heterocycles. The Morgan fingerprint density at radius 3 is 2.00 bits per heavy atom. The van der Waals surface area contributed by atoms with E-state index in [-0.39, 0.29) is 28.2 Å². The Bertz CT molecular complexity index is 871. The Kier molecular flexibility index (Phi) is 4.44. The molecule has 0 saturated carbocycles. The van der Waals surface area contributed by atoms with Gasteiger partial charge in [0, 0.05) is 23.4 Å². The van der Waals surface area contributed by atoms with E-state index in [0.717, 1.165) is 5.56 Å². The molecule has 2 unspecified atom stereocenters. The Morgan fingerprint density at radius 1 is 0.875 bits per heavy atom. The highest BCUT2D eigenvalue weighted by Gasteiger charge is 2.34. The first kappa shape index (κ1) is 16.3. The average Bonchev–Trinajstić information content (AvgIpc) is 2.60. The van der Waals surface area contributed by atoms with Crippen molar-refractivity contribution in [3.63, 3.8) is 0 Å². The largest absolute Gasteiger partial charge is 0.374 e. The molecule has 2 atom stereocenters. The summed E-state index contributed by atoms with van der Waals surface area (Å²) in [6.45, 7) is 1.90. The van der Waals surface area contributed by atoms with E-state index in [2.05, 4.69) is 5.32 Å². The molecule has 0 aliphatic heterocycles. The molecule has 0 amide bonds. The van der Waals surface area contributed by atoms with Crippen LogP contribution in [0.15, 0.2) is 65.2 Å². The number of hydrogen-bond acceptors (Lipinski definition) is 4. The molecule has 0 bridgehead atoms. The zero-order valence-corrected chi connectivity index (χ0v) is 14.2. The minimum Gasteiger partial charge on any atom is -0.374 e. The van der Waals surface area contributed by atoms with E-state index in [1.807, 2.05) is 37.3 Å². The summed E-state index contributed by atoms with van der Waals surface area (Å²) in [4.78, 5) is 25.6. The van der Waals surface area contributed by atoms with Gasteiger partial charge in [-0.3, -0.25) is 13.8 Å². The van der Waals surface area contributed by atoms with Crippen LogP contribution in [0, 0.1) is 0 Å². The van der Waals surface area contributed by atoms with E-state index in [1.165, 1.54) is 6.26 Å². The lowest BCUT2D eigenvalue weighted by Gasteiger charge is -2.24. The van der Waals surface area contributed by atoms with Crippen molar-refractivity contribution in [2.45, 2.75) is 13.0 Å². The predicted octanol–water partition coefficient (Wildman–Crippen LogP) is 3.01. The summed E-state index contributed by atoms with van der Waals surface area (Å²) in [5, 5.41) is 3.10. The van der Waals surface area contributed by atoms with Crippen LogP contribution < -0.4 is 5.32 Å². The average molecular weight is 339 g/mol. The van der Waals surface area contributed by atoms with Crippen LogP contribution in [0.1, 0.15) is 39.2 Å². The third-order valence-electron chi connectivity index (χ3n) is 4.02. The molecule has 2 aromatic carbocycles. The molecule has 3 rings (SSSR count). The van der Waals surface area contributed by atoms with Crippen molar-refractivity contribution in [2.75, 3.05) is 6.26 Å². The second kappa shape index (κ2) is 6.53. The molecule has 0 spiro atoms. The summed E-state index contributed by atoms with van der Waals surface area (Å²) in [6, 6.07) is 16.0. The minimum atomic E-state index is -1.57. The van der Waals surface area contributed by atoms with Crippen LogP contribution in [-0.4, -0.2) is 22.0 Å². The third kappa shape index (κ3) is 2.83. The number of Topliss-reactive ketones (excluding diaryl/α,β-unsaturated/α-hetero) is 2. The van der Waals surface area contributed by atoms with Crippen LogP contribution in [0.2, 0.25) is 0 Å². The molecule has 0 radical (unpaired) electrons. The van der Waals surface area contributed by atoms with Crippen molar-refractivity contribution < 1.29 is 13.8 Å². The molecule has 4 nitrogen and oxygen atoms in total. The summed E-state index contributed by atoms with van der Waals surface area (Å²) in [5.41, 5.74) is 1.77. The summed E-state index contributed by atoms with van der Waals surface area (Å²) in [7, 11) is -1.57. The van der Waals surface area contributed by atoms with Gasteiger partial charge in [-0.05, 0) is 12.5 Å². The van der Waals surface area contributed by atoms with E-state index < -0.39 is 10.8 Å². The topological polar surface area (TPSA) is 63.2 Å². The van der Waals surface area contributed by atoms with E-state index in [4.69, 9.17) is 0 Å². The van der Waals surface area contributed by atoms with Gasteiger partial charge in [0.1, 0.15) is 10.6 Å². The van der Waals surface area contributed by atoms with Crippen molar-refractivity contribution in [3.8, 4) is 0 Å². The van der Waals surface area contributed by atoms with Crippen LogP contribution in [0.4, 0.5) is 0 Å². The molecule has 0 aromatic heterocycles. The summed E-state index contributed by atoms with van der Waals surface area (Å²) >= 11 is 0. The number of carbonyl (C=O) groups excluding carboxylic acids is 2. The highest BCUT2D eigenvalue weighted by molar-refractivity contribution is 7.89. The number of rotatable bonds is 4. The van der Waals surface area contributed by atoms with Crippen molar-refractivity contribution >= 4 is 22.4 Å². The summed E-state index contributed by atoms with van der Waals surface area (Å²) < 4.78 is 12.1. The number of allylic oxidation sites excluding steroid dienone is 2. The molecule has 1 N–H and O–H groups in total. The van der Waals surface area contributed by atoms with Gasteiger partial charge >= 0.3 is 0 Å². The van der Waals surface area contributed by atoms with E-state index in [0.29, 0.717) is 11.1 Å². The summed E-state index contributed by atoms with van der Waals surface area (Å²) in [6.07, 6.45) is 1.42. The zero-order chi connectivity index (χ0) is 17.3. The normalized spacial score (nSPS) is 16.6. The third-order valence-corrected chi connectivity index (χ3v) is 4.99. The van der Waals surface area contributed by atoms with Gasteiger partial charge in [-0.1, -0.05) is 54.6 Å². The van der Waals surface area contributed by atoms with Gasteiger partial charge in [-0.25, -0.2) is 0 Å². The first-order valence-corrected chi connectivity index (χ1v) is 9.14. The monoisotopic (exact) mass is 339 g/mol. The lowest BCUT2D eigenvalue weighted by Crippen LogP contribution is -2.33. The van der Waals surface area contributed by atoms with Crippen molar-refractivity contribution in [2.24, 2.45) is 0 Å². The van der Waals surface area contributed by atoms with E-state index in [9.17, 15) is 13.8 Å². The Balaban J connectivity index is 2.06. The van der Waals surface area contributed by atoms with Gasteiger partial charge in [0.25, 0.3) is 0 Å². The van der Waals surface area contributed by atoms with Crippen LogP contribution in [-0.2, 0) is 10.8 Å². The number of nitrogens with one attached hydrogen (secondary N) is 1. The molecule has 24 heavy (non-hydrogen) atoms. The first-order valence-electron chi connectivity index (χ1n) is 7.58. The lowest BCUT2D eigenvalue weighted by atomic mass is 9.92. The van der Waals surface area contributed by atoms with Gasteiger partial charge in [0.05, 0.1) is 10.8 Å². The molecule has 0 fully saturated rings. The summed E-state index contributed by atoms with van der Waals surface area (Å²) in [5.74, 6) is -0.646. The van der Waals surface area contributed by atoms with Crippen molar-refractivity contribution in [1.29, 1.82) is 0 Å². The maximum Gasteiger partial charge on any atom is 0.210 e.